The van der Waals surface area contributed by atoms with Gasteiger partial charge in [0.25, 0.3) is 0 Å². The van der Waals surface area contributed by atoms with Gasteiger partial charge in [-0.3, -0.25) is 0 Å². The molecular weight excluding hydrogens is 269 g/mol. The van der Waals surface area contributed by atoms with Gasteiger partial charge in [-0.05, 0) is 50.4 Å². The van der Waals surface area contributed by atoms with Crippen LogP contribution in [0.4, 0.5) is 0 Å². The van der Waals surface area contributed by atoms with Crippen molar-refractivity contribution in [3.63, 3.8) is 0 Å². The van der Waals surface area contributed by atoms with Gasteiger partial charge in [0.05, 0.1) is 11.6 Å². The highest BCUT2D eigenvalue weighted by atomic mass is 35.5. The van der Waals surface area contributed by atoms with Crippen LogP contribution in [0.3, 0.4) is 0 Å². The molecule has 1 heterocycles. The van der Waals surface area contributed by atoms with E-state index < -0.39 is 0 Å². The molecule has 2 nitrogen and oxygen atoms in total. The Labute approximate surface area is 119 Å². The number of ether oxygens (including phenoxy) is 1. The van der Waals surface area contributed by atoms with Crippen molar-refractivity contribution in [1.82, 2.24) is 5.32 Å². The first kappa shape index (κ1) is 14.0. The molecule has 1 saturated heterocycles. The van der Waals surface area contributed by atoms with Crippen molar-refractivity contribution < 1.29 is 4.74 Å². The third-order valence-corrected chi connectivity index (χ3v) is 4.49. The Hall–Kier alpha value is -0.440. The SMILES string of the molecule is Cc1cc(OC[C@@H]2CCCNC2)c(Cl)c(C)c1Cl. The smallest absolute Gasteiger partial charge is 0.138 e. The van der Waals surface area contributed by atoms with E-state index in [0.717, 1.165) is 35.0 Å². The number of hydrogen-bond acceptors (Lipinski definition) is 2. The summed E-state index contributed by atoms with van der Waals surface area (Å²) in [7, 11) is 0. The second-order valence-electron chi connectivity index (χ2n) is 4.97. The summed E-state index contributed by atoms with van der Waals surface area (Å²) in [5, 5.41) is 4.75. The highest BCUT2D eigenvalue weighted by molar-refractivity contribution is 6.37. The van der Waals surface area contributed by atoms with Crippen molar-refractivity contribution in [2.24, 2.45) is 5.92 Å². The molecular formula is C14H19Cl2NO. The molecule has 4 heteroatoms. The fourth-order valence-corrected chi connectivity index (χ4v) is 2.68. The molecule has 0 amide bonds. The standard InChI is InChI=1S/C14H19Cl2NO/c1-9-6-12(14(16)10(2)13(9)15)18-8-11-4-3-5-17-7-11/h6,11,17H,3-5,7-8H2,1-2H3/t11-/m1/s1. The fraction of sp³-hybridized carbons (Fsp3) is 0.571. The van der Waals surface area contributed by atoms with E-state index in [9.17, 15) is 0 Å². The maximum Gasteiger partial charge on any atom is 0.138 e. The number of halogens is 2. The van der Waals surface area contributed by atoms with Crippen LogP contribution in [0.1, 0.15) is 24.0 Å². The first-order valence-electron chi connectivity index (χ1n) is 6.38. The molecule has 0 bridgehead atoms. The van der Waals surface area contributed by atoms with Gasteiger partial charge in [0.2, 0.25) is 0 Å². The summed E-state index contributed by atoms with van der Waals surface area (Å²) >= 11 is 12.4. The topological polar surface area (TPSA) is 21.3 Å². The molecule has 1 N–H and O–H groups in total. The molecule has 0 unspecified atom stereocenters. The van der Waals surface area contributed by atoms with Gasteiger partial charge in [0.1, 0.15) is 5.75 Å². The Morgan fingerprint density at radius 2 is 2.11 bits per heavy atom. The molecule has 0 spiro atoms. The van der Waals surface area contributed by atoms with Gasteiger partial charge in [-0.2, -0.15) is 0 Å². The lowest BCUT2D eigenvalue weighted by molar-refractivity contribution is 0.218. The number of benzene rings is 1. The van der Waals surface area contributed by atoms with E-state index in [-0.39, 0.29) is 0 Å². The Morgan fingerprint density at radius 1 is 1.33 bits per heavy atom. The van der Waals surface area contributed by atoms with Gasteiger partial charge in [-0.15, -0.1) is 0 Å². The molecule has 2 rings (SSSR count). The first-order chi connectivity index (χ1) is 8.59. The maximum absolute atomic E-state index is 6.26. The molecule has 0 aromatic heterocycles. The summed E-state index contributed by atoms with van der Waals surface area (Å²) in [5.74, 6) is 1.33. The van der Waals surface area contributed by atoms with Crippen molar-refractivity contribution in [1.29, 1.82) is 0 Å². The third kappa shape index (κ3) is 3.11. The molecule has 0 aliphatic carbocycles. The van der Waals surface area contributed by atoms with Crippen LogP contribution in [0.15, 0.2) is 6.07 Å². The lowest BCUT2D eigenvalue weighted by Crippen LogP contribution is -2.33. The van der Waals surface area contributed by atoms with Crippen LogP contribution >= 0.6 is 23.2 Å². The summed E-state index contributed by atoms with van der Waals surface area (Å²) in [6.45, 7) is 6.76. The Balaban J connectivity index is 2.05. The average Bonchev–Trinajstić information content (AvgIpc) is 2.40. The van der Waals surface area contributed by atoms with Crippen LogP contribution in [-0.4, -0.2) is 19.7 Å². The summed E-state index contributed by atoms with van der Waals surface area (Å²) in [5.41, 5.74) is 1.91. The van der Waals surface area contributed by atoms with Gasteiger partial charge >= 0.3 is 0 Å². The minimum absolute atomic E-state index is 0.575. The molecule has 1 atom stereocenters. The van der Waals surface area contributed by atoms with E-state index in [1.54, 1.807) is 0 Å². The van der Waals surface area contributed by atoms with Crippen LogP contribution < -0.4 is 10.1 Å². The molecule has 1 aromatic rings. The Kier molecular flexibility index (Phi) is 4.77. The lowest BCUT2D eigenvalue weighted by atomic mass is 10.0. The molecule has 1 aromatic carbocycles. The predicted octanol–water partition coefficient (Wildman–Crippen LogP) is 3.99. The Bertz CT molecular complexity index is 428. The summed E-state index contributed by atoms with van der Waals surface area (Å²) in [6.07, 6.45) is 2.44. The quantitative estimate of drug-likeness (QED) is 0.908. The van der Waals surface area contributed by atoms with E-state index in [4.69, 9.17) is 27.9 Å². The van der Waals surface area contributed by atoms with E-state index in [1.165, 1.54) is 12.8 Å². The van der Waals surface area contributed by atoms with Crippen molar-refractivity contribution in [3.8, 4) is 5.75 Å². The van der Waals surface area contributed by atoms with Crippen molar-refractivity contribution in [3.05, 3.63) is 27.2 Å². The van der Waals surface area contributed by atoms with Crippen LogP contribution in [0.25, 0.3) is 0 Å². The fourth-order valence-electron chi connectivity index (χ4n) is 2.28. The highest BCUT2D eigenvalue weighted by Gasteiger charge is 2.16. The second-order valence-corrected chi connectivity index (χ2v) is 5.72. The molecule has 100 valence electrons. The monoisotopic (exact) mass is 287 g/mol. The maximum atomic E-state index is 6.26. The van der Waals surface area contributed by atoms with Gasteiger partial charge in [-0.1, -0.05) is 23.2 Å². The second kappa shape index (κ2) is 6.14. The lowest BCUT2D eigenvalue weighted by Gasteiger charge is -2.23. The van der Waals surface area contributed by atoms with Gasteiger partial charge in [0, 0.05) is 17.5 Å². The summed E-state index contributed by atoms with van der Waals surface area (Å²) in [4.78, 5) is 0. The predicted molar refractivity (Wildman–Crippen MR) is 77.0 cm³/mol. The zero-order valence-electron chi connectivity index (χ0n) is 10.9. The van der Waals surface area contributed by atoms with Crippen LogP contribution in [-0.2, 0) is 0 Å². The first-order valence-corrected chi connectivity index (χ1v) is 7.14. The van der Waals surface area contributed by atoms with Crippen molar-refractivity contribution in [2.75, 3.05) is 19.7 Å². The third-order valence-electron chi connectivity index (χ3n) is 3.44. The minimum Gasteiger partial charge on any atom is -0.492 e. The van der Waals surface area contributed by atoms with Crippen LogP contribution in [0, 0.1) is 19.8 Å². The molecule has 1 fully saturated rings. The average molecular weight is 288 g/mol. The molecule has 1 aliphatic heterocycles. The number of nitrogens with one attached hydrogen (secondary N) is 1. The van der Waals surface area contributed by atoms with Crippen molar-refractivity contribution >= 4 is 23.2 Å². The van der Waals surface area contributed by atoms with Gasteiger partial charge in [-0.25, -0.2) is 0 Å². The van der Waals surface area contributed by atoms with Gasteiger partial charge < -0.3 is 10.1 Å². The summed E-state index contributed by atoms with van der Waals surface area (Å²) in [6, 6.07) is 1.92. The minimum atomic E-state index is 0.575. The van der Waals surface area contributed by atoms with Crippen molar-refractivity contribution in [2.45, 2.75) is 26.7 Å². The molecule has 0 saturated carbocycles. The molecule has 1 aliphatic rings. The zero-order valence-corrected chi connectivity index (χ0v) is 12.4. The van der Waals surface area contributed by atoms with Crippen LogP contribution in [0.5, 0.6) is 5.75 Å². The van der Waals surface area contributed by atoms with E-state index in [2.05, 4.69) is 5.32 Å². The largest absolute Gasteiger partial charge is 0.492 e. The normalized spacial score (nSPS) is 19.9. The zero-order chi connectivity index (χ0) is 13.1. The number of aryl methyl sites for hydroxylation is 1. The van der Waals surface area contributed by atoms with E-state index in [1.807, 2.05) is 19.9 Å². The number of piperidine rings is 1. The number of rotatable bonds is 3. The molecule has 18 heavy (non-hydrogen) atoms. The van der Waals surface area contributed by atoms with E-state index in [0.29, 0.717) is 17.5 Å². The Morgan fingerprint density at radius 3 is 2.78 bits per heavy atom. The van der Waals surface area contributed by atoms with Gasteiger partial charge in [0.15, 0.2) is 0 Å². The highest BCUT2D eigenvalue weighted by Crippen LogP contribution is 2.35. The van der Waals surface area contributed by atoms with Crippen LogP contribution in [0.2, 0.25) is 10.0 Å². The van der Waals surface area contributed by atoms with E-state index >= 15 is 0 Å². The molecule has 0 radical (unpaired) electrons. The summed E-state index contributed by atoms with van der Waals surface area (Å²) < 4.78 is 5.86. The number of hydrogen-bond donors (Lipinski definition) is 1.